The minimum Gasteiger partial charge on any atom is -0.344 e. The van der Waals surface area contributed by atoms with Crippen molar-refractivity contribution in [2.75, 3.05) is 0 Å². The van der Waals surface area contributed by atoms with Crippen LogP contribution in [0.4, 0.5) is 0 Å². The Balaban J connectivity index is 1.67. The third kappa shape index (κ3) is 5.63. The van der Waals surface area contributed by atoms with Crippen molar-refractivity contribution in [1.82, 2.24) is 4.57 Å². The molecule has 0 atom stereocenters. The lowest BCUT2D eigenvalue weighted by Crippen LogP contribution is -2.03. The van der Waals surface area contributed by atoms with Crippen LogP contribution in [0, 0.1) is 27.7 Å². The first-order valence-electron chi connectivity index (χ1n) is 13.2. The average molecular weight is 494 g/mol. The molecule has 0 bridgehead atoms. The summed E-state index contributed by atoms with van der Waals surface area (Å²) in [6.45, 7) is 8.53. The van der Waals surface area contributed by atoms with Crippen LogP contribution in [0.5, 0.6) is 0 Å². The second-order valence-corrected chi connectivity index (χ2v) is 10.3. The van der Waals surface area contributed by atoms with Crippen molar-refractivity contribution in [3.05, 3.63) is 165 Å². The van der Waals surface area contributed by atoms with Gasteiger partial charge >= 0.3 is 0 Å². The van der Waals surface area contributed by atoms with Gasteiger partial charge in [-0.05, 0) is 74.2 Å². The third-order valence-electron chi connectivity index (χ3n) is 7.18. The molecule has 0 spiro atoms. The highest BCUT2D eigenvalue weighted by Crippen LogP contribution is 2.33. The zero-order valence-electron chi connectivity index (χ0n) is 23.0. The van der Waals surface area contributed by atoms with Crippen LogP contribution in [0.2, 0.25) is 0 Å². The molecule has 0 saturated heterocycles. The predicted molar refractivity (Wildman–Crippen MR) is 164 cm³/mol. The maximum atomic E-state index is 2.33. The Morgan fingerprint density at radius 2 is 0.711 bits per heavy atom. The van der Waals surface area contributed by atoms with Crippen molar-refractivity contribution in [3.8, 4) is 0 Å². The second-order valence-electron chi connectivity index (χ2n) is 10.3. The molecular weight excluding hydrogens is 458 g/mol. The summed E-state index contributed by atoms with van der Waals surface area (Å²) in [7, 11) is 2.18. The van der Waals surface area contributed by atoms with Crippen molar-refractivity contribution in [1.29, 1.82) is 0 Å². The van der Waals surface area contributed by atoms with E-state index < -0.39 is 0 Å². The molecule has 0 saturated carbocycles. The Morgan fingerprint density at radius 1 is 0.421 bits per heavy atom. The zero-order chi connectivity index (χ0) is 26.6. The lowest BCUT2D eigenvalue weighted by Gasteiger charge is -2.15. The van der Waals surface area contributed by atoms with Gasteiger partial charge in [0, 0.05) is 29.6 Å². The summed E-state index contributed by atoms with van der Waals surface area (Å²) in [5.41, 5.74) is 14.7. The third-order valence-corrected chi connectivity index (χ3v) is 7.18. The van der Waals surface area contributed by atoms with Crippen LogP contribution in [0.15, 0.2) is 109 Å². The van der Waals surface area contributed by atoms with Gasteiger partial charge in [0.25, 0.3) is 0 Å². The standard InChI is InChI=1S/C37H35N/c1-26-6-14-30(15-7-26)24-34(32-18-10-28(3)11-19-32)36-22-23-37(38(36)5)35(33-20-12-29(4)13-21-33)25-31-16-8-27(2)9-17-31/h6-25H,1-5H3/b34-24-,35-25-. The Morgan fingerprint density at radius 3 is 1.03 bits per heavy atom. The van der Waals surface area contributed by atoms with Gasteiger partial charge in [0.05, 0.1) is 0 Å². The normalized spacial score (nSPS) is 12.1. The number of hydrogen-bond donors (Lipinski definition) is 0. The summed E-state index contributed by atoms with van der Waals surface area (Å²) in [5.74, 6) is 0. The molecule has 1 heteroatoms. The fourth-order valence-corrected chi connectivity index (χ4v) is 4.79. The summed E-state index contributed by atoms with van der Waals surface area (Å²) >= 11 is 0. The molecule has 0 aliphatic carbocycles. The minimum absolute atomic E-state index is 1.19. The van der Waals surface area contributed by atoms with Crippen LogP contribution in [0.1, 0.15) is 55.9 Å². The van der Waals surface area contributed by atoms with Crippen LogP contribution < -0.4 is 0 Å². The largest absolute Gasteiger partial charge is 0.344 e. The van der Waals surface area contributed by atoms with E-state index >= 15 is 0 Å². The summed E-state index contributed by atoms with van der Waals surface area (Å²) in [5, 5.41) is 0. The smallest absolute Gasteiger partial charge is 0.0488 e. The van der Waals surface area contributed by atoms with E-state index in [4.69, 9.17) is 0 Å². The summed E-state index contributed by atoms with van der Waals surface area (Å²) in [4.78, 5) is 0. The number of rotatable bonds is 6. The molecule has 0 fully saturated rings. The predicted octanol–water partition coefficient (Wildman–Crippen LogP) is 9.44. The van der Waals surface area contributed by atoms with E-state index in [0.29, 0.717) is 0 Å². The van der Waals surface area contributed by atoms with Crippen molar-refractivity contribution in [2.24, 2.45) is 7.05 Å². The maximum absolute atomic E-state index is 2.33. The highest BCUT2D eigenvalue weighted by atomic mass is 15.0. The van der Waals surface area contributed by atoms with Gasteiger partial charge in [0.2, 0.25) is 0 Å². The minimum atomic E-state index is 1.19. The lowest BCUT2D eigenvalue weighted by molar-refractivity contribution is 0.893. The highest BCUT2D eigenvalue weighted by molar-refractivity contribution is 5.94. The number of hydrogen-bond acceptors (Lipinski definition) is 0. The molecule has 0 unspecified atom stereocenters. The van der Waals surface area contributed by atoms with E-state index in [-0.39, 0.29) is 0 Å². The number of nitrogens with zero attached hydrogens (tertiary/aromatic N) is 1. The Kier molecular flexibility index (Phi) is 7.29. The van der Waals surface area contributed by atoms with Gasteiger partial charge in [-0.2, -0.15) is 0 Å². The van der Waals surface area contributed by atoms with Crippen LogP contribution >= 0.6 is 0 Å². The van der Waals surface area contributed by atoms with Crippen LogP contribution in [0.25, 0.3) is 23.3 Å². The molecule has 38 heavy (non-hydrogen) atoms. The first kappa shape index (κ1) is 25.3. The molecule has 188 valence electrons. The fourth-order valence-electron chi connectivity index (χ4n) is 4.79. The molecule has 1 heterocycles. The van der Waals surface area contributed by atoms with Crippen molar-refractivity contribution < 1.29 is 0 Å². The number of benzene rings is 4. The zero-order valence-corrected chi connectivity index (χ0v) is 23.0. The number of aromatic nitrogens is 1. The summed E-state index contributed by atoms with van der Waals surface area (Å²) < 4.78 is 2.33. The Bertz CT molecular complexity index is 1470. The maximum Gasteiger partial charge on any atom is 0.0488 e. The second kappa shape index (κ2) is 10.9. The van der Waals surface area contributed by atoms with E-state index in [9.17, 15) is 0 Å². The molecule has 5 aromatic rings. The molecule has 1 nitrogen and oxygen atoms in total. The quantitative estimate of drug-likeness (QED) is 0.208. The topological polar surface area (TPSA) is 4.93 Å². The van der Waals surface area contributed by atoms with E-state index in [1.807, 2.05) is 0 Å². The monoisotopic (exact) mass is 493 g/mol. The van der Waals surface area contributed by atoms with Gasteiger partial charge in [-0.1, -0.05) is 119 Å². The lowest BCUT2D eigenvalue weighted by atomic mass is 9.98. The van der Waals surface area contributed by atoms with Gasteiger partial charge in [-0.15, -0.1) is 0 Å². The Labute approximate surface area is 227 Å². The van der Waals surface area contributed by atoms with Gasteiger partial charge in [-0.3, -0.25) is 0 Å². The summed E-state index contributed by atoms with van der Waals surface area (Å²) in [6, 6.07) is 39.7. The van der Waals surface area contributed by atoms with Gasteiger partial charge in [0.15, 0.2) is 0 Å². The van der Waals surface area contributed by atoms with Gasteiger partial charge in [0.1, 0.15) is 0 Å². The van der Waals surface area contributed by atoms with E-state index in [1.54, 1.807) is 0 Å². The molecule has 0 radical (unpaired) electrons. The van der Waals surface area contributed by atoms with Gasteiger partial charge < -0.3 is 4.57 Å². The van der Waals surface area contributed by atoms with Crippen molar-refractivity contribution >= 4 is 23.3 Å². The SMILES string of the molecule is Cc1ccc(/C=C(/c2ccc(C)cc2)c2ccc(/C(=C\c3ccc(C)cc3)c3ccc(C)cc3)n2C)cc1. The fraction of sp³-hybridized carbons (Fsp3) is 0.135. The molecule has 0 aliphatic rings. The molecule has 0 N–H and O–H groups in total. The molecular formula is C37H35N. The first-order valence-corrected chi connectivity index (χ1v) is 13.2. The summed E-state index contributed by atoms with van der Waals surface area (Å²) in [6.07, 6.45) is 4.61. The molecule has 0 amide bonds. The van der Waals surface area contributed by atoms with E-state index in [2.05, 4.69) is 161 Å². The first-order chi connectivity index (χ1) is 18.4. The van der Waals surface area contributed by atoms with Crippen molar-refractivity contribution in [3.63, 3.8) is 0 Å². The van der Waals surface area contributed by atoms with Crippen LogP contribution in [-0.2, 0) is 7.05 Å². The average Bonchev–Trinajstić information content (AvgIpc) is 3.30. The highest BCUT2D eigenvalue weighted by Gasteiger charge is 2.16. The molecule has 4 aromatic carbocycles. The molecule has 5 rings (SSSR count). The van der Waals surface area contributed by atoms with Gasteiger partial charge in [-0.25, -0.2) is 0 Å². The van der Waals surface area contributed by atoms with E-state index in [1.165, 1.54) is 67.0 Å². The van der Waals surface area contributed by atoms with Crippen LogP contribution in [0.3, 0.4) is 0 Å². The van der Waals surface area contributed by atoms with Crippen molar-refractivity contribution in [2.45, 2.75) is 27.7 Å². The number of aryl methyl sites for hydroxylation is 4. The molecule has 0 aliphatic heterocycles. The molecule has 1 aromatic heterocycles. The van der Waals surface area contributed by atoms with Crippen LogP contribution in [-0.4, -0.2) is 4.57 Å². The van der Waals surface area contributed by atoms with E-state index in [0.717, 1.165) is 0 Å². The Hall–Kier alpha value is -4.36.